The van der Waals surface area contributed by atoms with Gasteiger partial charge in [0.05, 0.1) is 16.6 Å². The quantitative estimate of drug-likeness (QED) is 0.407. The number of piperidine rings is 1. The van der Waals surface area contributed by atoms with E-state index in [0.29, 0.717) is 0 Å². The highest BCUT2D eigenvalue weighted by Gasteiger charge is 2.11. The molecular weight excluding hydrogens is 404 g/mol. The molecule has 7 heteroatoms. The lowest BCUT2D eigenvalue weighted by atomic mass is 10.1. The highest BCUT2D eigenvalue weighted by molar-refractivity contribution is 7.71. The zero-order valence-electron chi connectivity index (χ0n) is 17.9. The maximum absolute atomic E-state index is 5.45. The second-order valence-corrected chi connectivity index (χ2v) is 8.68. The van der Waals surface area contributed by atoms with Gasteiger partial charge in [-0.3, -0.25) is 4.90 Å². The fourth-order valence-corrected chi connectivity index (χ4v) is 4.82. The van der Waals surface area contributed by atoms with Gasteiger partial charge in [0, 0.05) is 25.0 Å². The van der Waals surface area contributed by atoms with E-state index in [0.717, 1.165) is 52.2 Å². The van der Waals surface area contributed by atoms with Crippen molar-refractivity contribution >= 4 is 40.0 Å². The van der Waals surface area contributed by atoms with Crippen LogP contribution in [-0.4, -0.2) is 37.5 Å². The van der Waals surface area contributed by atoms with Gasteiger partial charge in [-0.25, -0.2) is 9.97 Å². The van der Waals surface area contributed by atoms with E-state index in [1.807, 2.05) is 0 Å². The minimum Gasteiger partial charge on any atom is -0.365 e. The van der Waals surface area contributed by atoms with Crippen LogP contribution >= 0.6 is 12.2 Å². The molecule has 0 radical (unpaired) electrons. The maximum Gasteiger partial charge on any atom is 0.178 e. The molecule has 0 unspecified atom stereocenters. The third-order valence-corrected chi connectivity index (χ3v) is 6.51. The Morgan fingerprint density at radius 2 is 1.81 bits per heavy atom. The van der Waals surface area contributed by atoms with Gasteiger partial charge in [0.25, 0.3) is 0 Å². The van der Waals surface area contributed by atoms with E-state index in [-0.39, 0.29) is 0 Å². The van der Waals surface area contributed by atoms with Gasteiger partial charge in [-0.2, -0.15) is 0 Å². The Morgan fingerprint density at radius 3 is 2.58 bits per heavy atom. The fraction of sp³-hybridized carbons (Fsp3) is 0.375. The Balaban J connectivity index is 1.33. The molecule has 0 aliphatic carbocycles. The number of anilines is 1. The van der Waals surface area contributed by atoms with Crippen LogP contribution in [0.4, 0.5) is 5.82 Å². The highest BCUT2D eigenvalue weighted by atomic mass is 32.1. The van der Waals surface area contributed by atoms with Gasteiger partial charge in [0.15, 0.2) is 4.77 Å². The summed E-state index contributed by atoms with van der Waals surface area (Å²) in [5.41, 5.74) is 5.63. The first-order valence-corrected chi connectivity index (χ1v) is 11.5. The minimum atomic E-state index is 0.722. The summed E-state index contributed by atoms with van der Waals surface area (Å²) in [5.74, 6) is 0.841. The van der Waals surface area contributed by atoms with Crippen LogP contribution in [0.15, 0.2) is 42.7 Å². The SMILES string of the molecule is CCn1c(=S)[nH]c2cc3c(NCc4ccc(CN5CCCCC5)cc4)ncnc3cc21. The van der Waals surface area contributed by atoms with E-state index in [4.69, 9.17) is 12.2 Å². The van der Waals surface area contributed by atoms with Crippen LogP contribution < -0.4 is 5.32 Å². The van der Waals surface area contributed by atoms with Gasteiger partial charge in [0.1, 0.15) is 12.1 Å². The molecule has 160 valence electrons. The molecule has 1 fully saturated rings. The molecule has 0 spiro atoms. The first-order valence-electron chi connectivity index (χ1n) is 11.1. The molecule has 1 aliphatic rings. The normalized spacial score (nSPS) is 15.0. The van der Waals surface area contributed by atoms with Crippen LogP contribution in [0.25, 0.3) is 21.9 Å². The molecule has 0 saturated carbocycles. The summed E-state index contributed by atoms with van der Waals surface area (Å²) in [4.78, 5) is 14.8. The summed E-state index contributed by atoms with van der Waals surface area (Å²) in [5, 5.41) is 4.49. The van der Waals surface area contributed by atoms with Crippen molar-refractivity contribution in [1.29, 1.82) is 0 Å². The Hall–Kier alpha value is -2.77. The lowest BCUT2D eigenvalue weighted by Crippen LogP contribution is -2.29. The zero-order chi connectivity index (χ0) is 21.2. The number of nitrogens with one attached hydrogen (secondary N) is 2. The third-order valence-electron chi connectivity index (χ3n) is 6.18. The van der Waals surface area contributed by atoms with Crippen LogP contribution in [-0.2, 0) is 19.6 Å². The topological polar surface area (TPSA) is 61.8 Å². The van der Waals surface area contributed by atoms with E-state index in [9.17, 15) is 0 Å². The summed E-state index contributed by atoms with van der Waals surface area (Å²) in [6.07, 6.45) is 5.66. The number of H-pyrrole nitrogens is 1. The summed E-state index contributed by atoms with van der Waals surface area (Å²) >= 11 is 5.45. The number of aromatic amines is 1. The van der Waals surface area contributed by atoms with E-state index >= 15 is 0 Å². The molecular formula is C24H28N6S. The number of nitrogens with zero attached hydrogens (tertiary/aromatic N) is 4. The van der Waals surface area contributed by atoms with Gasteiger partial charge in [-0.05, 0) is 68.3 Å². The van der Waals surface area contributed by atoms with Crippen LogP contribution in [0.2, 0.25) is 0 Å². The van der Waals surface area contributed by atoms with Crippen molar-refractivity contribution in [2.45, 2.75) is 45.8 Å². The summed E-state index contributed by atoms with van der Waals surface area (Å²) < 4.78 is 2.82. The van der Waals surface area contributed by atoms with E-state index in [2.05, 4.69) is 73.1 Å². The number of hydrogen-bond acceptors (Lipinski definition) is 5. The van der Waals surface area contributed by atoms with Gasteiger partial charge in [0.2, 0.25) is 0 Å². The van der Waals surface area contributed by atoms with E-state index in [1.54, 1.807) is 6.33 Å². The van der Waals surface area contributed by atoms with E-state index in [1.165, 1.54) is 43.5 Å². The molecule has 3 heterocycles. The number of fused-ring (bicyclic) bond motifs is 2. The average Bonchev–Trinajstić information content (AvgIpc) is 3.11. The first-order chi connectivity index (χ1) is 15.2. The molecule has 1 aliphatic heterocycles. The molecule has 4 aromatic rings. The molecule has 2 aromatic heterocycles. The molecule has 5 rings (SSSR count). The van der Waals surface area contributed by atoms with Crippen molar-refractivity contribution in [3.8, 4) is 0 Å². The third kappa shape index (κ3) is 4.20. The minimum absolute atomic E-state index is 0.722. The van der Waals surface area contributed by atoms with Crippen molar-refractivity contribution in [1.82, 2.24) is 24.4 Å². The van der Waals surface area contributed by atoms with Gasteiger partial charge < -0.3 is 14.9 Å². The summed E-state index contributed by atoms with van der Waals surface area (Å²) in [6, 6.07) is 13.1. The monoisotopic (exact) mass is 432 g/mol. The summed E-state index contributed by atoms with van der Waals surface area (Å²) in [7, 11) is 0. The molecule has 0 bridgehead atoms. The number of rotatable bonds is 6. The Morgan fingerprint density at radius 1 is 1.03 bits per heavy atom. The standard InChI is InChI=1S/C24H28N6S/c1-2-30-22-13-20-19(12-21(22)28-24(30)31)23(27-16-26-20)25-14-17-6-8-18(9-7-17)15-29-10-4-3-5-11-29/h6-9,12-13,16H,2-5,10-11,14-15H2,1H3,(H,28,31)(H,25,26,27). The second kappa shape index (κ2) is 8.77. The molecule has 31 heavy (non-hydrogen) atoms. The van der Waals surface area contributed by atoms with Crippen molar-refractivity contribution in [2.75, 3.05) is 18.4 Å². The van der Waals surface area contributed by atoms with Crippen molar-refractivity contribution in [2.24, 2.45) is 0 Å². The number of benzene rings is 2. The molecule has 0 atom stereocenters. The molecule has 1 saturated heterocycles. The lowest BCUT2D eigenvalue weighted by Gasteiger charge is -2.26. The lowest BCUT2D eigenvalue weighted by molar-refractivity contribution is 0.221. The van der Waals surface area contributed by atoms with Crippen molar-refractivity contribution < 1.29 is 0 Å². The first kappa shape index (κ1) is 20.2. The number of hydrogen-bond donors (Lipinski definition) is 2. The average molecular weight is 433 g/mol. The zero-order valence-corrected chi connectivity index (χ0v) is 18.7. The van der Waals surface area contributed by atoms with Crippen molar-refractivity contribution in [3.05, 3.63) is 58.6 Å². The molecule has 2 aromatic carbocycles. The molecule has 2 N–H and O–H groups in total. The molecule has 0 amide bonds. The van der Waals surface area contributed by atoms with Crippen LogP contribution in [0.1, 0.15) is 37.3 Å². The second-order valence-electron chi connectivity index (χ2n) is 8.29. The maximum atomic E-state index is 5.45. The van der Waals surface area contributed by atoms with Gasteiger partial charge >= 0.3 is 0 Å². The number of imidazole rings is 1. The predicted octanol–water partition coefficient (Wildman–Crippen LogP) is 5.26. The van der Waals surface area contributed by atoms with E-state index < -0.39 is 0 Å². The Kier molecular flexibility index (Phi) is 5.70. The number of aryl methyl sites for hydroxylation is 1. The van der Waals surface area contributed by atoms with Gasteiger partial charge in [-0.15, -0.1) is 0 Å². The smallest absolute Gasteiger partial charge is 0.178 e. The number of aromatic nitrogens is 4. The Bertz CT molecular complexity index is 1250. The Labute approximate surface area is 187 Å². The summed E-state index contributed by atoms with van der Waals surface area (Å²) in [6.45, 7) is 7.15. The predicted molar refractivity (Wildman–Crippen MR) is 129 cm³/mol. The van der Waals surface area contributed by atoms with Crippen LogP contribution in [0.5, 0.6) is 0 Å². The van der Waals surface area contributed by atoms with Crippen LogP contribution in [0, 0.1) is 4.77 Å². The number of likely N-dealkylation sites (tertiary alicyclic amines) is 1. The van der Waals surface area contributed by atoms with Crippen LogP contribution in [0.3, 0.4) is 0 Å². The van der Waals surface area contributed by atoms with Crippen molar-refractivity contribution in [3.63, 3.8) is 0 Å². The largest absolute Gasteiger partial charge is 0.365 e. The fourth-order valence-electron chi connectivity index (χ4n) is 4.49. The highest BCUT2D eigenvalue weighted by Crippen LogP contribution is 2.26. The molecule has 6 nitrogen and oxygen atoms in total. The van der Waals surface area contributed by atoms with Gasteiger partial charge in [-0.1, -0.05) is 30.7 Å².